The number of carbonyl (C=O) groups is 6. The van der Waals surface area contributed by atoms with Gasteiger partial charge in [-0.3, -0.25) is 28.8 Å². The molecule has 2 aromatic heterocycles. The van der Waals surface area contributed by atoms with Gasteiger partial charge < -0.3 is 24.8 Å². The molecule has 2 N–H and O–H groups in total. The van der Waals surface area contributed by atoms with Crippen molar-refractivity contribution in [3.63, 3.8) is 0 Å². The van der Waals surface area contributed by atoms with Gasteiger partial charge in [0.05, 0.1) is 27.4 Å². The number of ketones is 4. The summed E-state index contributed by atoms with van der Waals surface area (Å²) in [4.78, 5) is 81.3. The van der Waals surface area contributed by atoms with Crippen LogP contribution in [0.25, 0.3) is 0 Å². The number of hydrogen-bond donors (Lipinski definition) is 2. The number of ether oxygens (including phenoxy) is 3. The average Bonchev–Trinajstić information content (AvgIpc) is 3.54. The summed E-state index contributed by atoms with van der Waals surface area (Å²) in [6, 6.07) is 0. The van der Waals surface area contributed by atoms with Crippen molar-refractivity contribution in [1.82, 2.24) is 20.6 Å². The third kappa shape index (κ3) is 5.23. The molecule has 0 saturated carbocycles. The van der Waals surface area contributed by atoms with Crippen LogP contribution in [0.5, 0.6) is 0 Å². The number of thiazole rings is 2. The number of carbonyl (C=O) groups excluding carboxylic acids is 6. The first-order valence-electron chi connectivity index (χ1n) is 10.6. The first-order valence-corrected chi connectivity index (χ1v) is 12.2. The van der Waals surface area contributed by atoms with Crippen LogP contribution in [-0.2, 0) is 14.2 Å². The van der Waals surface area contributed by atoms with Gasteiger partial charge in [0.25, 0.3) is 11.8 Å². The summed E-state index contributed by atoms with van der Waals surface area (Å²) >= 11 is 1.63. The van der Waals surface area contributed by atoms with E-state index in [2.05, 4.69) is 20.6 Å². The summed E-state index contributed by atoms with van der Waals surface area (Å²) in [5, 5.41) is 5.06. The second kappa shape index (κ2) is 10.9. The Hall–Kier alpha value is -4.08. The summed E-state index contributed by atoms with van der Waals surface area (Å²) < 4.78 is 15.1. The number of allylic oxidation sites excluding steroid dienone is 4. The van der Waals surface area contributed by atoms with Crippen molar-refractivity contribution in [3.05, 3.63) is 54.8 Å². The molecule has 2 aliphatic rings. The van der Waals surface area contributed by atoms with Crippen LogP contribution in [0.4, 0.5) is 0 Å². The topological polar surface area (TPSA) is 180 Å². The summed E-state index contributed by atoms with van der Waals surface area (Å²) in [6.07, 6.45) is 2.13. The van der Waals surface area contributed by atoms with E-state index in [1.54, 1.807) is 0 Å². The van der Waals surface area contributed by atoms with E-state index in [-0.39, 0.29) is 69.0 Å². The fourth-order valence-electron chi connectivity index (χ4n) is 3.24. The van der Waals surface area contributed by atoms with E-state index in [1.165, 1.54) is 14.2 Å². The molecule has 0 fully saturated rings. The normalized spacial score (nSPS) is 14.4. The van der Waals surface area contributed by atoms with Crippen molar-refractivity contribution >= 4 is 57.6 Å². The van der Waals surface area contributed by atoms with Gasteiger partial charge in [-0.2, -0.15) is 0 Å². The van der Waals surface area contributed by atoms with Crippen LogP contribution in [0.3, 0.4) is 0 Å². The van der Waals surface area contributed by atoms with Crippen LogP contribution < -0.4 is 10.6 Å². The molecule has 2 aliphatic carbocycles. The number of amides is 2. The first-order chi connectivity index (χ1) is 17.7. The van der Waals surface area contributed by atoms with E-state index in [4.69, 9.17) is 14.2 Å². The maximum absolute atomic E-state index is 12.3. The van der Waals surface area contributed by atoms with Crippen molar-refractivity contribution in [2.24, 2.45) is 0 Å². The molecule has 0 atom stereocenters. The second-order valence-electron chi connectivity index (χ2n) is 7.33. The molecule has 4 rings (SSSR count). The zero-order valence-electron chi connectivity index (χ0n) is 19.4. The number of methoxy groups -OCH3 is 2. The minimum absolute atomic E-state index is 0.0411. The lowest BCUT2D eigenvalue weighted by atomic mass is 10.1. The molecule has 0 spiro atoms. The van der Waals surface area contributed by atoms with Gasteiger partial charge in [-0.15, -0.1) is 22.7 Å². The van der Waals surface area contributed by atoms with Gasteiger partial charge >= 0.3 is 0 Å². The number of aromatic nitrogens is 2. The van der Waals surface area contributed by atoms with Crippen molar-refractivity contribution in [2.45, 2.75) is 0 Å². The summed E-state index contributed by atoms with van der Waals surface area (Å²) in [5.74, 6) is -3.46. The van der Waals surface area contributed by atoms with Gasteiger partial charge in [-0.1, -0.05) is 0 Å². The minimum atomic E-state index is -0.571. The Morgan fingerprint density at radius 1 is 0.757 bits per heavy atom. The summed E-state index contributed by atoms with van der Waals surface area (Å²) in [6.45, 7) is 0.442. The van der Waals surface area contributed by atoms with Crippen LogP contribution >= 0.6 is 22.7 Å². The maximum atomic E-state index is 12.3. The Kier molecular flexibility index (Phi) is 7.66. The van der Waals surface area contributed by atoms with Gasteiger partial charge in [-0.25, -0.2) is 9.97 Å². The Bertz CT molecular complexity index is 1300. The molecule has 0 bridgehead atoms. The van der Waals surface area contributed by atoms with Crippen LogP contribution in [0.2, 0.25) is 0 Å². The van der Waals surface area contributed by atoms with Gasteiger partial charge in [0, 0.05) is 25.2 Å². The molecular formula is C22H18N4O9S2. The van der Waals surface area contributed by atoms with Crippen molar-refractivity contribution in [3.8, 4) is 0 Å². The lowest BCUT2D eigenvalue weighted by Gasteiger charge is -2.08. The molecule has 15 heteroatoms. The number of nitrogens with zero attached hydrogens (tertiary/aromatic N) is 2. The highest BCUT2D eigenvalue weighted by atomic mass is 32.1. The largest absolute Gasteiger partial charge is 0.492 e. The highest BCUT2D eigenvalue weighted by molar-refractivity contribution is 7.16. The van der Waals surface area contributed by atoms with Gasteiger partial charge in [0.15, 0.2) is 21.5 Å². The molecule has 0 aliphatic heterocycles. The average molecular weight is 547 g/mol. The molecule has 0 aromatic carbocycles. The van der Waals surface area contributed by atoms with Gasteiger partial charge in [-0.05, 0) is 0 Å². The van der Waals surface area contributed by atoms with E-state index >= 15 is 0 Å². The van der Waals surface area contributed by atoms with Gasteiger partial charge in [0.1, 0.15) is 21.1 Å². The minimum Gasteiger partial charge on any atom is -0.492 e. The van der Waals surface area contributed by atoms with Crippen LogP contribution in [0.1, 0.15) is 59.9 Å². The van der Waals surface area contributed by atoms with Crippen molar-refractivity contribution in [2.75, 3.05) is 40.5 Å². The Morgan fingerprint density at radius 3 is 1.54 bits per heavy atom. The zero-order valence-corrected chi connectivity index (χ0v) is 21.0. The lowest BCUT2D eigenvalue weighted by Crippen LogP contribution is -2.30. The maximum Gasteiger partial charge on any atom is 0.280 e. The quantitative estimate of drug-likeness (QED) is 0.398. The molecule has 0 unspecified atom stereocenters. The molecule has 0 radical (unpaired) electrons. The highest BCUT2D eigenvalue weighted by Crippen LogP contribution is 2.28. The predicted molar refractivity (Wildman–Crippen MR) is 127 cm³/mol. The highest BCUT2D eigenvalue weighted by Gasteiger charge is 2.33. The van der Waals surface area contributed by atoms with E-state index in [1.807, 2.05) is 0 Å². The Labute approximate surface area is 216 Å². The van der Waals surface area contributed by atoms with Crippen LogP contribution in [0.15, 0.2) is 23.7 Å². The number of Topliss-reactive ketones (excluding diaryl/α,β-unsaturated/α-hetero) is 2. The number of hydrogen-bond acceptors (Lipinski definition) is 13. The van der Waals surface area contributed by atoms with Crippen molar-refractivity contribution < 1.29 is 43.0 Å². The number of rotatable bonds is 10. The second-order valence-corrected chi connectivity index (χ2v) is 9.33. The standard InChI is InChI=1S/C22H18N4O9S2/c1-33-11-7-9(27)17-13(15(11)29)25-21(36-17)19(31)23-3-5-35-6-4-24-20(32)22-26-14-16(30)12(34-2)8-10(28)18(14)37-22/h7-8H,3-6H2,1-2H3,(H,23,31)(H,24,32). The smallest absolute Gasteiger partial charge is 0.280 e. The van der Waals surface area contributed by atoms with E-state index in [0.717, 1.165) is 34.8 Å². The van der Waals surface area contributed by atoms with Crippen molar-refractivity contribution in [1.29, 1.82) is 0 Å². The monoisotopic (exact) mass is 546 g/mol. The number of fused-ring (bicyclic) bond motifs is 2. The van der Waals surface area contributed by atoms with Crippen LogP contribution in [0, 0.1) is 0 Å². The molecule has 0 saturated heterocycles. The van der Waals surface area contributed by atoms with Gasteiger partial charge in [0.2, 0.25) is 23.1 Å². The fraction of sp³-hybridized carbons (Fsp3) is 0.273. The molecule has 2 aromatic rings. The predicted octanol–water partition coefficient (Wildman–Crippen LogP) is 0.595. The Morgan fingerprint density at radius 2 is 1.16 bits per heavy atom. The first kappa shape index (κ1) is 26.0. The van der Waals surface area contributed by atoms with E-state index in [9.17, 15) is 28.8 Å². The molecule has 2 heterocycles. The fourth-order valence-corrected chi connectivity index (χ4v) is 5.02. The van der Waals surface area contributed by atoms with E-state index < -0.39 is 34.9 Å². The Balaban J connectivity index is 1.18. The molecule has 13 nitrogen and oxygen atoms in total. The summed E-state index contributed by atoms with van der Waals surface area (Å²) in [7, 11) is 2.53. The summed E-state index contributed by atoms with van der Waals surface area (Å²) in [5.41, 5.74) is -0.228. The molecule has 37 heavy (non-hydrogen) atoms. The number of nitrogens with one attached hydrogen (secondary N) is 2. The molecule has 2 amide bonds. The zero-order chi connectivity index (χ0) is 26.7. The lowest BCUT2D eigenvalue weighted by molar-refractivity contribution is 0.0890. The third-order valence-corrected chi connectivity index (χ3v) is 7.13. The third-order valence-electron chi connectivity index (χ3n) is 5.00. The molecule has 192 valence electrons. The van der Waals surface area contributed by atoms with Crippen LogP contribution in [-0.4, -0.2) is 85.4 Å². The van der Waals surface area contributed by atoms with E-state index in [0.29, 0.717) is 0 Å². The SMILES string of the molecule is COC1=CC(=O)c2sc(C(=O)NCCOCCNC(=O)c3nc4c(s3)C(=O)C=C(OC)C4=O)nc2C1=O. The molecular weight excluding hydrogens is 528 g/mol.